The highest BCUT2D eigenvalue weighted by Crippen LogP contribution is 2.33. The van der Waals surface area contributed by atoms with Crippen molar-refractivity contribution in [3.63, 3.8) is 0 Å². The largest absolute Gasteiger partial charge is 0.488 e. The molecule has 26 heavy (non-hydrogen) atoms. The van der Waals surface area contributed by atoms with Crippen LogP contribution in [0.3, 0.4) is 0 Å². The fourth-order valence-electron chi connectivity index (χ4n) is 2.72. The third-order valence-electron chi connectivity index (χ3n) is 4.45. The SMILES string of the molecule is Cc1nc(C2=CC=C(C(C)(C)C)CC=C2)sc1COc1ccc(N)cc1. The van der Waals surface area contributed by atoms with Gasteiger partial charge in [0.2, 0.25) is 0 Å². The maximum atomic E-state index is 5.88. The van der Waals surface area contributed by atoms with Gasteiger partial charge in [0, 0.05) is 11.3 Å². The van der Waals surface area contributed by atoms with Crippen LogP contribution in [-0.2, 0) is 6.61 Å². The molecule has 136 valence electrons. The van der Waals surface area contributed by atoms with E-state index in [1.165, 1.54) is 5.57 Å². The summed E-state index contributed by atoms with van der Waals surface area (Å²) < 4.78 is 5.88. The molecule has 3 nitrogen and oxygen atoms in total. The number of aromatic nitrogens is 1. The second-order valence-electron chi connectivity index (χ2n) is 7.56. The molecule has 0 fully saturated rings. The van der Waals surface area contributed by atoms with Crippen LogP contribution in [0.2, 0.25) is 0 Å². The molecular weight excluding hydrogens is 340 g/mol. The van der Waals surface area contributed by atoms with Crippen LogP contribution in [0.1, 0.15) is 42.8 Å². The molecule has 4 heteroatoms. The molecule has 0 saturated heterocycles. The Bertz CT molecular complexity index is 865. The van der Waals surface area contributed by atoms with Crippen LogP contribution in [-0.4, -0.2) is 4.98 Å². The zero-order chi connectivity index (χ0) is 18.7. The molecule has 0 spiro atoms. The van der Waals surface area contributed by atoms with Crippen molar-refractivity contribution in [1.29, 1.82) is 0 Å². The Morgan fingerprint density at radius 2 is 1.88 bits per heavy atom. The quantitative estimate of drug-likeness (QED) is 0.682. The average molecular weight is 367 g/mol. The van der Waals surface area contributed by atoms with E-state index in [1.54, 1.807) is 11.3 Å². The van der Waals surface area contributed by atoms with Gasteiger partial charge in [-0.15, -0.1) is 11.3 Å². The Morgan fingerprint density at radius 1 is 1.15 bits per heavy atom. The second-order valence-corrected chi connectivity index (χ2v) is 8.64. The first-order chi connectivity index (χ1) is 12.3. The van der Waals surface area contributed by atoms with Gasteiger partial charge in [0.1, 0.15) is 17.4 Å². The highest BCUT2D eigenvalue weighted by molar-refractivity contribution is 7.12. The van der Waals surface area contributed by atoms with E-state index in [0.29, 0.717) is 6.61 Å². The number of ether oxygens (including phenoxy) is 1. The van der Waals surface area contributed by atoms with Gasteiger partial charge in [0.25, 0.3) is 0 Å². The van der Waals surface area contributed by atoms with Crippen LogP contribution in [0, 0.1) is 12.3 Å². The van der Waals surface area contributed by atoms with E-state index in [1.807, 2.05) is 31.2 Å². The van der Waals surface area contributed by atoms with E-state index in [9.17, 15) is 0 Å². The molecule has 0 radical (unpaired) electrons. The summed E-state index contributed by atoms with van der Waals surface area (Å²) in [6, 6.07) is 7.48. The topological polar surface area (TPSA) is 48.1 Å². The maximum Gasteiger partial charge on any atom is 0.124 e. The number of aryl methyl sites for hydroxylation is 1. The summed E-state index contributed by atoms with van der Waals surface area (Å²) in [7, 11) is 0. The van der Waals surface area contributed by atoms with Crippen LogP contribution in [0.4, 0.5) is 5.69 Å². The van der Waals surface area contributed by atoms with Crippen LogP contribution in [0.5, 0.6) is 5.75 Å². The molecule has 0 aliphatic heterocycles. The van der Waals surface area contributed by atoms with Crippen molar-refractivity contribution in [2.75, 3.05) is 5.73 Å². The molecular formula is C22H26N2OS. The third kappa shape index (κ3) is 4.44. The van der Waals surface area contributed by atoms with E-state index in [4.69, 9.17) is 15.5 Å². The van der Waals surface area contributed by atoms with Crippen LogP contribution >= 0.6 is 11.3 Å². The summed E-state index contributed by atoms with van der Waals surface area (Å²) in [6.07, 6.45) is 9.83. The first-order valence-corrected chi connectivity index (χ1v) is 9.67. The van der Waals surface area contributed by atoms with Gasteiger partial charge in [0.05, 0.1) is 10.6 Å². The number of nitrogens with two attached hydrogens (primary N) is 1. The second kappa shape index (κ2) is 7.50. The normalized spacial score (nSPS) is 14.6. The lowest BCUT2D eigenvalue weighted by Gasteiger charge is -2.21. The summed E-state index contributed by atoms with van der Waals surface area (Å²) in [5.74, 6) is 0.819. The smallest absolute Gasteiger partial charge is 0.124 e. The fraction of sp³-hybridized carbons (Fsp3) is 0.318. The standard InChI is InChI=1S/C22H26N2OS/c1-15-20(14-25-19-12-10-18(23)11-13-19)26-21(24-15)16-6-5-7-17(9-8-16)22(2,3)4/h5-6,8-13H,7,14,23H2,1-4H3. The van der Waals surface area contributed by atoms with Crippen LogP contribution < -0.4 is 10.5 Å². The van der Waals surface area contributed by atoms with E-state index in [2.05, 4.69) is 45.1 Å². The van der Waals surface area contributed by atoms with E-state index in [-0.39, 0.29) is 5.41 Å². The van der Waals surface area contributed by atoms with Crippen molar-refractivity contribution >= 4 is 22.6 Å². The molecule has 1 aromatic heterocycles. The zero-order valence-electron chi connectivity index (χ0n) is 15.9. The highest BCUT2D eigenvalue weighted by Gasteiger charge is 2.17. The minimum Gasteiger partial charge on any atom is -0.488 e. The summed E-state index contributed by atoms with van der Waals surface area (Å²) in [4.78, 5) is 5.91. The third-order valence-corrected chi connectivity index (χ3v) is 5.63. The lowest BCUT2D eigenvalue weighted by atomic mass is 9.84. The molecule has 1 aliphatic carbocycles. The number of nitrogens with zero attached hydrogens (tertiary/aromatic N) is 1. The van der Waals surface area contributed by atoms with Crippen molar-refractivity contribution < 1.29 is 4.74 Å². The number of allylic oxidation sites excluding steroid dienone is 6. The number of rotatable bonds is 4. The monoisotopic (exact) mass is 366 g/mol. The molecule has 0 bridgehead atoms. The van der Waals surface area contributed by atoms with E-state index < -0.39 is 0 Å². The number of anilines is 1. The minimum absolute atomic E-state index is 0.188. The van der Waals surface area contributed by atoms with Gasteiger partial charge in [-0.05, 0) is 43.0 Å². The Kier molecular flexibility index (Phi) is 5.33. The first kappa shape index (κ1) is 18.5. The van der Waals surface area contributed by atoms with Crippen molar-refractivity contribution in [3.05, 3.63) is 69.7 Å². The Hall–Kier alpha value is -2.33. The molecule has 0 amide bonds. The number of hydrogen-bond donors (Lipinski definition) is 1. The van der Waals surface area contributed by atoms with Crippen molar-refractivity contribution in [2.24, 2.45) is 5.41 Å². The molecule has 1 heterocycles. The lowest BCUT2D eigenvalue weighted by Crippen LogP contribution is -2.08. The summed E-state index contributed by atoms with van der Waals surface area (Å²) in [6.45, 7) is 9.33. The summed E-state index contributed by atoms with van der Waals surface area (Å²) in [5.41, 5.74) is 10.3. The Morgan fingerprint density at radius 3 is 2.58 bits per heavy atom. The molecule has 2 N–H and O–H groups in total. The highest BCUT2D eigenvalue weighted by atomic mass is 32.1. The van der Waals surface area contributed by atoms with Crippen molar-refractivity contribution in [2.45, 2.75) is 40.7 Å². The van der Waals surface area contributed by atoms with Crippen molar-refractivity contribution in [1.82, 2.24) is 4.98 Å². The van der Waals surface area contributed by atoms with E-state index in [0.717, 1.165) is 39.0 Å². The van der Waals surface area contributed by atoms with Gasteiger partial charge in [-0.2, -0.15) is 0 Å². The van der Waals surface area contributed by atoms with Crippen LogP contribution in [0.15, 0.2) is 54.1 Å². The van der Waals surface area contributed by atoms with Gasteiger partial charge in [0.15, 0.2) is 0 Å². The number of thiazole rings is 1. The molecule has 2 aromatic rings. The molecule has 0 unspecified atom stereocenters. The van der Waals surface area contributed by atoms with Gasteiger partial charge in [-0.3, -0.25) is 0 Å². The van der Waals surface area contributed by atoms with Gasteiger partial charge < -0.3 is 10.5 Å². The molecule has 0 atom stereocenters. The van der Waals surface area contributed by atoms with Crippen LogP contribution in [0.25, 0.3) is 5.57 Å². The minimum atomic E-state index is 0.188. The average Bonchev–Trinajstić information content (AvgIpc) is 2.80. The number of benzene rings is 1. The van der Waals surface area contributed by atoms with E-state index >= 15 is 0 Å². The molecule has 0 saturated carbocycles. The molecule has 1 aliphatic rings. The Balaban J connectivity index is 1.76. The number of nitrogen functional groups attached to an aromatic ring is 1. The van der Waals surface area contributed by atoms with Gasteiger partial charge >= 0.3 is 0 Å². The predicted molar refractivity (Wildman–Crippen MR) is 111 cm³/mol. The fourth-order valence-corrected chi connectivity index (χ4v) is 3.71. The number of hydrogen-bond acceptors (Lipinski definition) is 4. The van der Waals surface area contributed by atoms with Gasteiger partial charge in [-0.25, -0.2) is 4.98 Å². The van der Waals surface area contributed by atoms with Crippen molar-refractivity contribution in [3.8, 4) is 5.75 Å². The van der Waals surface area contributed by atoms with Gasteiger partial charge in [-0.1, -0.05) is 50.6 Å². The first-order valence-electron chi connectivity index (χ1n) is 8.86. The maximum absolute atomic E-state index is 5.88. The Labute approximate surface area is 159 Å². The summed E-state index contributed by atoms with van der Waals surface area (Å²) >= 11 is 1.70. The zero-order valence-corrected chi connectivity index (χ0v) is 16.7. The summed E-state index contributed by atoms with van der Waals surface area (Å²) in [5, 5.41) is 1.04. The lowest BCUT2D eigenvalue weighted by molar-refractivity contribution is 0.309. The predicted octanol–water partition coefficient (Wildman–Crippen LogP) is 5.93. The molecule has 1 aromatic carbocycles. The molecule has 3 rings (SSSR count).